The molecule has 0 fully saturated rings. The van der Waals surface area contributed by atoms with Crippen molar-refractivity contribution in [2.45, 2.75) is 20.4 Å². The van der Waals surface area contributed by atoms with Gasteiger partial charge in [0, 0.05) is 6.54 Å². The molecule has 0 unspecified atom stereocenters. The van der Waals surface area contributed by atoms with E-state index < -0.39 is 0 Å². The topological polar surface area (TPSA) is 67.8 Å². The Kier molecular flexibility index (Phi) is 5.93. The molecule has 0 saturated heterocycles. The van der Waals surface area contributed by atoms with Crippen molar-refractivity contribution in [2.75, 3.05) is 13.7 Å². The van der Waals surface area contributed by atoms with E-state index in [0.717, 1.165) is 11.1 Å². The predicted octanol–water partition coefficient (Wildman–Crippen LogP) is 3.69. The van der Waals surface area contributed by atoms with Gasteiger partial charge in [-0.3, -0.25) is 4.79 Å². The quantitative estimate of drug-likeness (QED) is 0.834. The molecule has 0 aliphatic heterocycles. The zero-order valence-electron chi connectivity index (χ0n) is 13.9. The minimum atomic E-state index is -0.361. The van der Waals surface area contributed by atoms with Crippen molar-refractivity contribution >= 4 is 17.5 Å². The smallest absolute Gasteiger partial charge is 0.255 e. The molecule has 2 aromatic rings. The molecule has 0 bridgehead atoms. The van der Waals surface area contributed by atoms with E-state index in [2.05, 4.69) is 5.32 Å². The van der Waals surface area contributed by atoms with Gasteiger partial charge in [-0.05, 0) is 43.7 Å². The summed E-state index contributed by atoms with van der Waals surface area (Å²) in [5, 5.41) is 13.0. The van der Waals surface area contributed by atoms with Crippen molar-refractivity contribution in [1.29, 1.82) is 0 Å². The van der Waals surface area contributed by atoms with Crippen molar-refractivity contribution in [1.82, 2.24) is 5.32 Å². The molecule has 2 aromatic carbocycles. The normalized spacial score (nSPS) is 10.3. The summed E-state index contributed by atoms with van der Waals surface area (Å²) in [5.41, 5.74) is 1.89. The first kappa shape index (κ1) is 17.9. The van der Waals surface area contributed by atoms with Crippen molar-refractivity contribution in [2.24, 2.45) is 0 Å². The zero-order valence-corrected chi connectivity index (χ0v) is 14.6. The average molecular weight is 350 g/mol. The van der Waals surface area contributed by atoms with E-state index in [-0.39, 0.29) is 23.8 Å². The number of carbonyl (C=O) groups is 1. The van der Waals surface area contributed by atoms with Gasteiger partial charge in [0.15, 0.2) is 11.5 Å². The molecule has 5 nitrogen and oxygen atoms in total. The minimum absolute atomic E-state index is 0.0552. The number of hydrogen-bond donors (Lipinski definition) is 2. The summed E-state index contributed by atoms with van der Waals surface area (Å²) in [6.45, 7) is 4.43. The number of amides is 1. The summed E-state index contributed by atoms with van der Waals surface area (Å²) in [5.74, 6) is 0.570. The van der Waals surface area contributed by atoms with Crippen LogP contribution in [-0.2, 0) is 6.54 Å². The Labute approximate surface area is 146 Å². The molecule has 128 valence electrons. The molecule has 2 N–H and O–H groups in total. The molecular weight excluding hydrogens is 330 g/mol. The molecule has 24 heavy (non-hydrogen) atoms. The maximum Gasteiger partial charge on any atom is 0.255 e. The van der Waals surface area contributed by atoms with E-state index in [0.29, 0.717) is 23.1 Å². The molecule has 0 heterocycles. The van der Waals surface area contributed by atoms with Gasteiger partial charge in [0.2, 0.25) is 0 Å². The van der Waals surface area contributed by atoms with E-state index >= 15 is 0 Å². The lowest BCUT2D eigenvalue weighted by atomic mass is 10.1. The third-order valence-corrected chi connectivity index (χ3v) is 3.71. The van der Waals surface area contributed by atoms with E-state index in [9.17, 15) is 9.90 Å². The fourth-order valence-corrected chi connectivity index (χ4v) is 2.56. The number of phenols is 1. The van der Waals surface area contributed by atoms with Gasteiger partial charge in [0.1, 0.15) is 5.75 Å². The first-order chi connectivity index (χ1) is 11.5. The van der Waals surface area contributed by atoms with Crippen molar-refractivity contribution in [3.8, 4) is 17.2 Å². The SMILES string of the molecule is CCOc1c(Cl)cc(CNC(=O)c2cc(C)ccc2O)cc1OC. The second-order valence-electron chi connectivity index (χ2n) is 5.25. The molecule has 0 aromatic heterocycles. The van der Waals surface area contributed by atoms with Crippen molar-refractivity contribution in [3.05, 3.63) is 52.0 Å². The summed E-state index contributed by atoms with van der Waals surface area (Å²) in [6.07, 6.45) is 0. The number of aromatic hydroxyl groups is 1. The molecule has 0 atom stereocenters. The van der Waals surface area contributed by atoms with Crippen LogP contribution in [0.4, 0.5) is 0 Å². The van der Waals surface area contributed by atoms with E-state index in [1.165, 1.54) is 13.2 Å². The second-order valence-corrected chi connectivity index (χ2v) is 5.65. The number of hydrogen-bond acceptors (Lipinski definition) is 4. The van der Waals surface area contributed by atoms with Gasteiger partial charge in [0.05, 0.1) is 24.3 Å². The Morgan fingerprint density at radius 2 is 2.04 bits per heavy atom. The van der Waals surface area contributed by atoms with Crippen LogP contribution < -0.4 is 14.8 Å². The number of ether oxygens (including phenoxy) is 2. The van der Waals surface area contributed by atoms with Crippen LogP contribution in [0, 0.1) is 6.92 Å². The standard InChI is InChI=1S/C18H20ClNO4/c1-4-24-17-14(19)8-12(9-16(17)23-3)10-20-18(22)13-7-11(2)5-6-15(13)21/h5-9,21H,4,10H2,1-3H3,(H,20,22). The van der Waals surface area contributed by atoms with Crippen LogP contribution in [0.1, 0.15) is 28.4 Å². The number of aryl methyl sites for hydroxylation is 1. The number of halogens is 1. The van der Waals surface area contributed by atoms with Crippen LogP contribution in [0.25, 0.3) is 0 Å². The third kappa shape index (κ3) is 4.11. The molecule has 0 radical (unpaired) electrons. The van der Waals surface area contributed by atoms with Crippen molar-refractivity contribution < 1.29 is 19.4 Å². The van der Waals surface area contributed by atoms with Gasteiger partial charge in [-0.2, -0.15) is 0 Å². The first-order valence-corrected chi connectivity index (χ1v) is 7.91. The highest BCUT2D eigenvalue weighted by molar-refractivity contribution is 6.32. The average Bonchev–Trinajstić information content (AvgIpc) is 2.56. The molecular formula is C18H20ClNO4. The Balaban J connectivity index is 2.15. The van der Waals surface area contributed by atoms with Crippen LogP contribution in [0.5, 0.6) is 17.2 Å². The minimum Gasteiger partial charge on any atom is -0.507 e. The lowest BCUT2D eigenvalue weighted by Gasteiger charge is -2.14. The fraction of sp³-hybridized carbons (Fsp3) is 0.278. The monoisotopic (exact) mass is 349 g/mol. The fourth-order valence-electron chi connectivity index (χ4n) is 2.27. The summed E-state index contributed by atoms with van der Waals surface area (Å²) in [7, 11) is 1.53. The maximum atomic E-state index is 12.2. The summed E-state index contributed by atoms with van der Waals surface area (Å²) in [6, 6.07) is 8.35. The summed E-state index contributed by atoms with van der Waals surface area (Å²) >= 11 is 6.21. The van der Waals surface area contributed by atoms with Gasteiger partial charge >= 0.3 is 0 Å². The van der Waals surface area contributed by atoms with Gasteiger partial charge in [-0.1, -0.05) is 23.2 Å². The molecule has 0 aliphatic rings. The summed E-state index contributed by atoms with van der Waals surface area (Å²) in [4.78, 5) is 12.2. The molecule has 6 heteroatoms. The highest BCUT2D eigenvalue weighted by Crippen LogP contribution is 2.36. The van der Waals surface area contributed by atoms with Crippen LogP contribution >= 0.6 is 11.6 Å². The number of methoxy groups -OCH3 is 1. The highest BCUT2D eigenvalue weighted by atomic mass is 35.5. The highest BCUT2D eigenvalue weighted by Gasteiger charge is 2.14. The number of rotatable bonds is 6. The number of carbonyl (C=O) groups excluding carboxylic acids is 1. The lowest BCUT2D eigenvalue weighted by Crippen LogP contribution is -2.23. The third-order valence-electron chi connectivity index (χ3n) is 3.43. The predicted molar refractivity (Wildman–Crippen MR) is 93.2 cm³/mol. The Morgan fingerprint density at radius 3 is 2.71 bits per heavy atom. The van der Waals surface area contributed by atoms with Crippen LogP contribution in [0.3, 0.4) is 0 Å². The van der Waals surface area contributed by atoms with E-state index in [1.807, 2.05) is 13.8 Å². The number of nitrogens with one attached hydrogen (secondary N) is 1. The molecule has 2 rings (SSSR count). The molecule has 0 aliphatic carbocycles. The Hall–Kier alpha value is -2.40. The Morgan fingerprint density at radius 1 is 1.29 bits per heavy atom. The van der Waals surface area contributed by atoms with Crippen LogP contribution in [0.2, 0.25) is 5.02 Å². The second kappa shape index (κ2) is 7.93. The molecule has 0 spiro atoms. The van der Waals surface area contributed by atoms with Gasteiger partial charge in [-0.15, -0.1) is 0 Å². The Bertz CT molecular complexity index is 746. The summed E-state index contributed by atoms with van der Waals surface area (Å²) < 4.78 is 10.7. The maximum absolute atomic E-state index is 12.2. The zero-order chi connectivity index (χ0) is 17.7. The van der Waals surface area contributed by atoms with Gasteiger partial charge < -0.3 is 19.9 Å². The van der Waals surface area contributed by atoms with Gasteiger partial charge in [0.25, 0.3) is 5.91 Å². The molecule has 1 amide bonds. The van der Waals surface area contributed by atoms with Crippen molar-refractivity contribution in [3.63, 3.8) is 0 Å². The van der Waals surface area contributed by atoms with Crippen LogP contribution in [-0.4, -0.2) is 24.7 Å². The largest absolute Gasteiger partial charge is 0.507 e. The van der Waals surface area contributed by atoms with E-state index in [4.69, 9.17) is 21.1 Å². The van der Waals surface area contributed by atoms with E-state index in [1.54, 1.807) is 24.3 Å². The number of benzene rings is 2. The van der Waals surface area contributed by atoms with Crippen LogP contribution in [0.15, 0.2) is 30.3 Å². The van der Waals surface area contributed by atoms with Gasteiger partial charge in [-0.25, -0.2) is 0 Å². The first-order valence-electron chi connectivity index (χ1n) is 7.53. The number of phenolic OH excluding ortho intramolecular Hbond substituents is 1. The molecule has 0 saturated carbocycles. The lowest BCUT2D eigenvalue weighted by molar-refractivity contribution is 0.0948.